The van der Waals surface area contributed by atoms with Gasteiger partial charge in [0, 0.05) is 17.8 Å². The van der Waals surface area contributed by atoms with Crippen LogP contribution in [0.2, 0.25) is 5.02 Å². The number of halogens is 3. The molecule has 1 aliphatic heterocycles. The summed E-state index contributed by atoms with van der Waals surface area (Å²) in [5.41, 5.74) is 1.01. The van der Waals surface area contributed by atoms with E-state index in [-0.39, 0.29) is 22.9 Å². The number of nitrogens with zero attached hydrogens (tertiary/aromatic N) is 3. The van der Waals surface area contributed by atoms with Crippen LogP contribution in [0.25, 0.3) is 11.4 Å². The lowest BCUT2D eigenvalue weighted by Crippen LogP contribution is -2.41. The van der Waals surface area contributed by atoms with Gasteiger partial charge in [-0.2, -0.15) is 4.98 Å². The monoisotopic (exact) mass is 418 g/mol. The fourth-order valence-electron chi connectivity index (χ4n) is 3.29. The summed E-state index contributed by atoms with van der Waals surface area (Å²) >= 11 is 5.78. The van der Waals surface area contributed by atoms with Gasteiger partial charge in [0.2, 0.25) is 11.7 Å². The van der Waals surface area contributed by atoms with Crippen LogP contribution in [-0.4, -0.2) is 27.6 Å². The molecule has 0 aliphatic carbocycles. The van der Waals surface area contributed by atoms with E-state index >= 15 is 0 Å². The van der Waals surface area contributed by atoms with Crippen molar-refractivity contribution in [2.24, 2.45) is 0 Å². The minimum Gasteiger partial charge on any atom is -0.337 e. The van der Waals surface area contributed by atoms with Gasteiger partial charge in [0.15, 0.2) is 0 Å². The predicted octanol–water partition coefficient (Wildman–Crippen LogP) is 5.43. The molecular formula is C20H17ClF2N4O2. The van der Waals surface area contributed by atoms with E-state index in [2.05, 4.69) is 15.5 Å². The van der Waals surface area contributed by atoms with Crippen LogP contribution in [0, 0.1) is 11.6 Å². The van der Waals surface area contributed by atoms with Gasteiger partial charge in [0.05, 0.1) is 5.02 Å². The van der Waals surface area contributed by atoms with Crippen LogP contribution in [0.5, 0.6) is 0 Å². The minimum atomic E-state index is -0.556. The molecule has 0 bridgehead atoms. The number of aromatic nitrogens is 2. The van der Waals surface area contributed by atoms with E-state index in [9.17, 15) is 13.6 Å². The average molecular weight is 419 g/mol. The van der Waals surface area contributed by atoms with Gasteiger partial charge in [0.25, 0.3) is 0 Å². The van der Waals surface area contributed by atoms with E-state index in [1.165, 1.54) is 30.3 Å². The van der Waals surface area contributed by atoms with E-state index in [0.717, 1.165) is 12.8 Å². The van der Waals surface area contributed by atoms with Crippen LogP contribution >= 0.6 is 11.6 Å². The van der Waals surface area contributed by atoms with Gasteiger partial charge in [-0.15, -0.1) is 0 Å². The van der Waals surface area contributed by atoms with Crippen molar-refractivity contribution >= 4 is 23.3 Å². The molecule has 2 amide bonds. The number of urea groups is 1. The molecule has 9 heteroatoms. The average Bonchev–Trinajstić information content (AvgIpc) is 3.21. The third-order valence-corrected chi connectivity index (χ3v) is 5.05. The van der Waals surface area contributed by atoms with Crippen LogP contribution in [0.15, 0.2) is 47.0 Å². The molecule has 1 aromatic heterocycles. The molecule has 6 nitrogen and oxygen atoms in total. The van der Waals surface area contributed by atoms with E-state index < -0.39 is 5.82 Å². The summed E-state index contributed by atoms with van der Waals surface area (Å²) in [7, 11) is 0. The number of hydrogen-bond donors (Lipinski definition) is 1. The van der Waals surface area contributed by atoms with Crippen molar-refractivity contribution in [3.05, 3.63) is 65.0 Å². The Morgan fingerprint density at radius 1 is 1.17 bits per heavy atom. The summed E-state index contributed by atoms with van der Waals surface area (Å²) in [5.74, 6) is -0.263. The summed E-state index contributed by atoms with van der Waals surface area (Å²) in [6.45, 7) is 0.514. The van der Waals surface area contributed by atoms with Gasteiger partial charge in [-0.1, -0.05) is 16.8 Å². The van der Waals surface area contributed by atoms with Gasteiger partial charge in [-0.3, -0.25) is 0 Å². The molecule has 1 atom stereocenters. The van der Waals surface area contributed by atoms with Crippen LogP contribution in [-0.2, 0) is 0 Å². The molecule has 1 saturated heterocycles. The quantitative estimate of drug-likeness (QED) is 0.615. The van der Waals surface area contributed by atoms with Gasteiger partial charge in [-0.05, 0) is 61.7 Å². The Bertz CT molecular complexity index is 1030. The number of carbonyl (C=O) groups is 1. The number of piperidine rings is 1. The number of rotatable bonds is 3. The highest BCUT2D eigenvalue weighted by Crippen LogP contribution is 2.32. The molecule has 2 heterocycles. The SMILES string of the molecule is O=C(Nc1ccc(F)c(Cl)c1)N1CCCCC1c1nc(-c2ccc(F)cc2)no1. The van der Waals surface area contributed by atoms with Crippen molar-refractivity contribution in [1.29, 1.82) is 0 Å². The molecule has 1 unspecified atom stereocenters. The van der Waals surface area contributed by atoms with Gasteiger partial charge >= 0.3 is 6.03 Å². The van der Waals surface area contributed by atoms with Crippen molar-refractivity contribution in [1.82, 2.24) is 15.0 Å². The largest absolute Gasteiger partial charge is 0.337 e. The maximum atomic E-state index is 13.3. The molecule has 1 aliphatic rings. The first kappa shape index (κ1) is 19.3. The smallest absolute Gasteiger partial charge is 0.322 e. The van der Waals surface area contributed by atoms with Gasteiger partial charge in [0.1, 0.15) is 17.7 Å². The zero-order chi connectivity index (χ0) is 20.4. The maximum Gasteiger partial charge on any atom is 0.322 e. The van der Waals surface area contributed by atoms with E-state index in [1.54, 1.807) is 17.0 Å². The number of nitrogens with one attached hydrogen (secondary N) is 1. The number of anilines is 1. The van der Waals surface area contributed by atoms with Gasteiger partial charge in [-0.25, -0.2) is 13.6 Å². The molecule has 1 fully saturated rings. The standard InChI is InChI=1S/C20H17ClF2N4O2/c21-15-11-14(8-9-16(15)23)24-20(28)27-10-2-1-3-17(27)19-25-18(26-29-19)12-4-6-13(22)7-5-12/h4-9,11,17H,1-3,10H2,(H,24,28). The summed E-state index contributed by atoms with van der Waals surface area (Å²) in [4.78, 5) is 18.8. The van der Waals surface area contributed by atoms with Crippen LogP contribution < -0.4 is 5.32 Å². The molecule has 150 valence electrons. The first-order valence-corrected chi connectivity index (χ1v) is 9.51. The molecule has 1 N–H and O–H groups in total. The molecule has 3 aromatic rings. The van der Waals surface area contributed by atoms with Crippen LogP contribution in [0.4, 0.5) is 19.3 Å². The first-order chi connectivity index (χ1) is 14.0. The van der Waals surface area contributed by atoms with Crippen molar-refractivity contribution in [3.8, 4) is 11.4 Å². The topological polar surface area (TPSA) is 71.3 Å². The van der Waals surface area contributed by atoms with E-state index in [1.807, 2.05) is 0 Å². The fourth-order valence-corrected chi connectivity index (χ4v) is 3.47. The third-order valence-electron chi connectivity index (χ3n) is 4.76. The Kier molecular flexibility index (Phi) is 5.44. The van der Waals surface area contributed by atoms with E-state index in [0.29, 0.717) is 35.9 Å². The summed E-state index contributed by atoms with van der Waals surface area (Å²) in [6.07, 6.45) is 2.42. The highest BCUT2D eigenvalue weighted by Gasteiger charge is 2.32. The lowest BCUT2D eigenvalue weighted by Gasteiger charge is -2.33. The summed E-state index contributed by atoms with van der Waals surface area (Å²) in [6, 6.07) is 9.00. The molecule has 29 heavy (non-hydrogen) atoms. The van der Waals surface area contributed by atoms with Crippen molar-refractivity contribution in [2.45, 2.75) is 25.3 Å². The third kappa shape index (κ3) is 4.22. The summed E-state index contributed by atoms with van der Waals surface area (Å²) in [5, 5.41) is 6.62. The number of amides is 2. The number of benzene rings is 2. The lowest BCUT2D eigenvalue weighted by atomic mass is 10.0. The second-order valence-corrected chi connectivity index (χ2v) is 7.13. The van der Waals surface area contributed by atoms with Gasteiger partial charge < -0.3 is 14.7 Å². The van der Waals surface area contributed by atoms with Crippen molar-refractivity contribution < 1.29 is 18.1 Å². The Balaban J connectivity index is 1.53. The number of likely N-dealkylation sites (tertiary alicyclic amines) is 1. The Morgan fingerprint density at radius 3 is 2.72 bits per heavy atom. The number of carbonyl (C=O) groups excluding carboxylic acids is 1. The predicted molar refractivity (Wildman–Crippen MR) is 103 cm³/mol. The first-order valence-electron chi connectivity index (χ1n) is 9.13. The van der Waals surface area contributed by atoms with Crippen molar-refractivity contribution in [3.63, 3.8) is 0 Å². The van der Waals surface area contributed by atoms with Crippen molar-refractivity contribution in [2.75, 3.05) is 11.9 Å². The molecule has 0 spiro atoms. The molecule has 2 aromatic carbocycles. The second-order valence-electron chi connectivity index (χ2n) is 6.73. The minimum absolute atomic E-state index is 0.0705. The Labute approximate surface area is 170 Å². The number of hydrogen-bond acceptors (Lipinski definition) is 4. The fraction of sp³-hybridized carbons (Fsp3) is 0.250. The highest BCUT2D eigenvalue weighted by atomic mass is 35.5. The molecule has 0 radical (unpaired) electrons. The second kappa shape index (κ2) is 8.16. The van der Waals surface area contributed by atoms with E-state index in [4.69, 9.17) is 16.1 Å². The van der Waals surface area contributed by atoms with Crippen LogP contribution in [0.3, 0.4) is 0 Å². The Morgan fingerprint density at radius 2 is 1.97 bits per heavy atom. The zero-order valence-electron chi connectivity index (χ0n) is 15.2. The molecule has 0 saturated carbocycles. The molecule has 4 rings (SSSR count). The Hall–Kier alpha value is -3.00. The zero-order valence-corrected chi connectivity index (χ0v) is 16.0. The molecular weight excluding hydrogens is 402 g/mol. The maximum absolute atomic E-state index is 13.3. The normalized spacial score (nSPS) is 16.7. The van der Waals surface area contributed by atoms with Crippen LogP contribution in [0.1, 0.15) is 31.2 Å². The lowest BCUT2D eigenvalue weighted by molar-refractivity contribution is 0.142. The highest BCUT2D eigenvalue weighted by molar-refractivity contribution is 6.31. The summed E-state index contributed by atoms with van der Waals surface area (Å²) < 4.78 is 31.9.